The van der Waals surface area contributed by atoms with Gasteiger partial charge >= 0.3 is 5.97 Å². The number of esters is 1. The molecule has 0 saturated heterocycles. The third-order valence-corrected chi connectivity index (χ3v) is 4.53. The molecule has 0 spiro atoms. The van der Waals surface area contributed by atoms with Crippen LogP contribution in [0.15, 0.2) is 54.6 Å². The SMILES string of the molecule is CCOC(=O)CN1C(=O)[C@H](N)[C@@H](c2ccccc2)Cc2ccccc21. The molecule has 5 nitrogen and oxygen atoms in total. The van der Waals surface area contributed by atoms with E-state index in [4.69, 9.17) is 10.5 Å². The molecular weight excluding hydrogens is 316 g/mol. The quantitative estimate of drug-likeness (QED) is 0.868. The molecule has 2 aromatic rings. The summed E-state index contributed by atoms with van der Waals surface area (Å²) in [7, 11) is 0. The fraction of sp³-hybridized carbons (Fsp3) is 0.300. The van der Waals surface area contributed by atoms with E-state index in [2.05, 4.69) is 0 Å². The van der Waals surface area contributed by atoms with Crippen molar-refractivity contribution in [3.63, 3.8) is 0 Å². The molecule has 1 amide bonds. The Bertz CT molecular complexity index is 761. The van der Waals surface area contributed by atoms with Crippen LogP contribution in [0.1, 0.15) is 24.0 Å². The van der Waals surface area contributed by atoms with Crippen molar-refractivity contribution in [2.75, 3.05) is 18.1 Å². The number of hydrogen-bond donors (Lipinski definition) is 1. The topological polar surface area (TPSA) is 72.6 Å². The van der Waals surface area contributed by atoms with Gasteiger partial charge in [-0.05, 0) is 30.5 Å². The molecule has 0 radical (unpaired) electrons. The van der Waals surface area contributed by atoms with E-state index in [0.29, 0.717) is 6.42 Å². The highest BCUT2D eigenvalue weighted by Gasteiger charge is 2.36. The number of hydrogen-bond acceptors (Lipinski definition) is 4. The highest BCUT2D eigenvalue weighted by molar-refractivity contribution is 6.02. The Hall–Kier alpha value is -2.66. The first-order valence-electron chi connectivity index (χ1n) is 8.47. The van der Waals surface area contributed by atoms with E-state index in [1.54, 1.807) is 6.92 Å². The number of anilines is 1. The lowest BCUT2D eigenvalue weighted by atomic mass is 9.87. The largest absolute Gasteiger partial charge is 0.465 e. The Morgan fingerprint density at radius 1 is 1.16 bits per heavy atom. The van der Waals surface area contributed by atoms with Crippen molar-refractivity contribution in [1.29, 1.82) is 0 Å². The molecule has 1 heterocycles. The highest BCUT2D eigenvalue weighted by atomic mass is 16.5. The third kappa shape index (κ3) is 3.56. The number of amides is 1. The van der Waals surface area contributed by atoms with Crippen LogP contribution in [0, 0.1) is 0 Å². The normalized spacial score (nSPS) is 19.9. The second-order valence-electron chi connectivity index (χ2n) is 6.11. The zero-order valence-corrected chi connectivity index (χ0v) is 14.2. The number of nitrogens with two attached hydrogens (primary N) is 1. The lowest BCUT2D eigenvalue weighted by Gasteiger charge is -2.25. The minimum Gasteiger partial charge on any atom is -0.465 e. The van der Waals surface area contributed by atoms with E-state index >= 15 is 0 Å². The van der Waals surface area contributed by atoms with Crippen LogP contribution in [0.2, 0.25) is 0 Å². The molecular formula is C20H22N2O3. The van der Waals surface area contributed by atoms with Crippen LogP contribution < -0.4 is 10.6 Å². The van der Waals surface area contributed by atoms with Crippen LogP contribution in [0.3, 0.4) is 0 Å². The molecule has 130 valence electrons. The van der Waals surface area contributed by atoms with E-state index < -0.39 is 12.0 Å². The molecule has 0 unspecified atom stereocenters. The van der Waals surface area contributed by atoms with E-state index in [9.17, 15) is 9.59 Å². The predicted octanol–water partition coefficient (Wildman–Crippen LogP) is 2.25. The second kappa shape index (κ2) is 7.49. The molecule has 2 atom stereocenters. The highest BCUT2D eigenvalue weighted by Crippen LogP contribution is 2.34. The fourth-order valence-corrected chi connectivity index (χ4v) is 3.31. The van der Waals surface area contributed by atoms with Gasteiger partial charge in [0.25, 0.3) is 0 Å². The maximum Gasteiger partial charge on any atom is 0.326 e. The second-order valence-corrected chi connectivity index (χ2v) is 6.11. The van der Waals surface area contributed by atoms with E-state index in [-0.39, 0.29) is 25.0 Å². The summed E-state index contributed by atoms with van der Waals surface area (Å²) in [5.41, 5.74) is 9.09. The summed E-state index contributed by atoms with van der Waals surface area (Å²) in [5, 5.41) is 0. The molecule has 2 aromatic carbocycles. The molecule has 5 heteroatoms. The zero-order chi connectivity index (χ0) is 17.8. The van der Waals surface area contributed by atoms with Crippen molar-refractivity contribution in [1.82, 2.24) is 0 Å². The van der Waals surface area contributed by atoms with Crippen molar-refractivity contribution in [3.05, 3.63) is 65.7 Å². The number of benzene rings is 2. The summed E-state index contributed by atoms with van der Waals surface area (Å²) < 4.78 is 5.02. The molecule has 1 aliphatic heterocycles. The van der Waals surface area contributed by atoms with Gasteiger partial charge in [0.1, 0.15) is 6.54 Å². The number of ether oxygens (including phenoxy) is 1. The average Bonchev–Trinajstić information content (AvgIpc) is 2.73. The Morgan fingerprint density at radius 2 is 1.84 bits per heavy atom. The van der Waals surface area contributed by atoms with Crippen LogP contribution in [-0.4, -0.2) is 31.1 Å². The van der Waals surface area contributed by atoms with Gasteiger partial charge in [-0.2, -0.15) is 0 Å². The van der Waals surface area contributed by atoms with Gasteiger partial charge in [-0.25, -0.2) is 0 Å². The summed E-state index contributed by atoms with van der Waals surface area (Å²) in [4.78, 5) is 26.5. The van der Waals surface area contributed by atoms with Gasteiger partial charge in [0, 0.05) is 11.6 Å². The van der Waals surface area contributed by atoms with Crippen molar-refractivity contribution in [2.45, 2.75) is 25.3 Å². The maximum atomic E-state index is 13.0. The molecule has 2 N–H and O–H groups in total. The van der Waals surface area contributed by atoms with E-state index in [1.807, 2.05) is 54.6 Å². The van der Waals surface area contributed by atoms with Gasteiger partial charge in [0.05, 0.1) is 12.6 Å². The molecule has 0 aliphatic carbocycles. The summed E-state index contributed by atoms with van der Waals surface area (Å²) in [6, 6.07) is 16.7. The van der Waals surface area contributed by atoms with Crippen molar-refractivity contribution in [2.24, 2.45) is 5.73 Å². The molecule has 0 aromatic heterocycles. The number of carbonyl (C=O) groups is 2. The van der Waals surface area contributed by atoms with Crippen LogP contribution in [0.25, 0.3) is 0 Å². The first-order valence-corrected chi connectivity index (χ1v) is 8.47. The van der Waals surface area contributed by atoms with Crippen LogP contribution in [-0.2, 0) is 20.7 Å². The summed E-state index contributed by atoms with van der Waals surface area (Å²) in [6.45, 7) is 1.90. The molecule has 25 heavy (non-hydrogen) atoms. The number of para-hydroxylation sites is 1. The average molecular weight is 338 g/mol. The van der Waals surface area contributed by atoms with E-state index in [0.717, 1.165) is 16.8 Å². The minimum atomic E-state index is -0.718. The van der Waals surface area contributed by atoms with Crippen molar-refractivity contribution in [3.8, 4) is 0 Å². The zero-order valence-electron chi connectivity index (χ0n) is 14.2. The van der Waals surface area contributed by atoms with Crippen LogP contribution in [0.5, 0.6) is 0 Å². The first kappa shape index (κ1) is 17.2. The summed E-state index contributed by atoms with van der Waals surface area (Å²) in [6.07, 6.45) is 0.645. The Labute approximate surface area is 147 Å². The molecule has 0 saturated carbocycles. The monoisotopic (exact) mass is 338 g/mol. The van der Waals surface area contributed by atoms with Crippen LogP contribution in [0.4, 0.5) is 5.69 Å². The predicted molar refractivity (Wildman–Crippen MR) is 96.3 cm³/mol. The standard InChI is InChI=1S/C20H22N2O3/c1-2-25-18(23)13-22-17-11-7-6-10-15(17)12-16(19(21)20(22)24)14-8-4-3-5-9-14/h3-11,16,19H,2,12-13,21H2,1H3/t16-,19-/m1/s1. The van der Waals surface area contributed by atoms with Gasteiger partial charge in [-0.1, -0.05) is 48.5 Å². The minimum absolute atomic E-state index is 0.126. The number of nitrogens with zero attached hydrogens (tertiary/aromatic N) is 1. The smallest absolute Gasteiger partial charge is 0.326 e. The number of carbonyl (C=O) groups excluding carboxylic acids is 2. The number of rotatable bonds is 4. The Kier molecular flexibility index (Phi) is 5.14. The van der Waals surface area contributed by atoms with Gasteiger partial charge in [-0.15, -0.1) is 0 Å². The summed E-state index contributed by atoms with van der Waals surface area (Å²) in [5.74, 6) is -0.829. The molecule has 1 aliphatic rings. The fourth-order valence-electron chi connectivity index (χ4n) is 3.31. The number of fused-ring (bicyclic) bond motifs is 1. The first-order chi connectivity index (χ1) is 12.1. The van der Waals surface area contributed by atoms with Gasteiger partial charge < -0.3 is 10.5 Å². The van der Waals surface area contributed by atoms with Crippen molar-refractivity contribution < 1.29 is 14.3 Å². The summed E-state index contributed by atoms with van der Waals surface area (Å²) >= 11 is 0. The lowest BCUT2D eigenvalue weighted by Crippen LogP contribution is -2.48. The van der Waals surface area contributed by atoms with Gasteiger partial charge in [0.2, 0.25) is 5.91 Å². The molecule has 3 rings (SSSR count). The maximum absolute atomic E-state index is 13.0. The van der Waals surface area contributed by atoms with E-state index in [1.165, 1.54) is 4.90 Å². The van der Waals surface area contributed by atoms with Gasteiger partial charge in [0.15, 0.2) is 0 Å². The van der Waals surface area contributed by atoms with Crippen molar-refractivity contribution >= 4 is 17.6 Å². The van der Waals surface area contributed by atoms with Gasteiger partial charge in [-0.3, -0.25) is 14.5 Å². The Balaban J connectivity index is 2.00. The van der Waals surface area contributed by atoms with Crippen LogP contribution >= 0.6 is 0 Å². The Morgan fingerprint density at radius 3 is 2.56 bits per heavy atom. The third-order valence-electron chi connectivity index (χ3n) is 4.53. The lowest BCUT2D eigenvalue weighted by molar-refractivity contribution is -0.142. The molecule has 0 bridgehead atoms. The molecule has 0 fully saturated rings.